The molecule has 1 aliphatic carbocycles. The lowest BCUT2D eigenvalue weighted by Gasteiger charge is -2.34. The molecule has 3 saturated heterocycles. The molecular formula is C45H46F3N7O8. The third kappa shape index (κ3) is 9.15. The molecule has 18 heteroatoms. The number of fused-ring (bicyclic) bond motifs is 2. The van der Waals surface area contributed by atoms with Gasteiger partial charge in [0, 0.05) is 56.9 Å². The summed E-state index contributed by atoms with van der Waals surface area (Å²) >= 11 is 0. The van der Waals surface area contributed by atoms with Crippen LogP contribution in [-0.4, -0.2) is 117 Å². The normalized spacial score (nSPS) is 22.0. The lowest BCUT2D eigenvalue weighted by molar-refractivity contribution is -0.151. The number of nitrogens with one attached hydrogen (secondary N) is 2. The van der Waals surface area contributed by atoms with Crippen LogP contribution in [0.5, 0.6) is 0 Å². The Morgan fingerprint density at radius 2 is 1.70 bits per heavy atom. The van der Waals surface area contributed by atoms with Crippen LogP contribution in [0, 0.1) is 11.3 Å². The zero-order valence-corrected chi connectivity index (χ0v) is 34.4. The quantitative estimate of drug-likeness (QED) is 0.123. The fourth-order valence-corrected chi connectivity index (χ4v) is 8.39. The molecule has 4 aliphatic rings. The maximum absolute atomic E-state index is 13.4. The molecule has 3 N–H and O–H groups in total. The van der Waals surface area contributed by atoms with Gasteiger partial charge in [-0.2, -0.15) is 13.2 Å². The van der Waals surface area contributed by atoms with Gasteiger partial charge in [0.2, 0.25) is 29.6 Å². The summed E-state index contributed by atoms with van der Waals surface area (Å²) in [6, 6.07) is 16.0. The number of piperazine rings is 1. The average molecular weight is 870 g/mol. The number of aliphatic hydroxyl groups is 1. The number of nitrogens with zero attached hydrogens (tertiary/aromatic N) is 5. The van der Waals surface area contributed by atoms with E-state index in [1.165, 1.54) is 12.1 Å². The van der Waals surface area contributed by atoms with Gasteiger partial charge < -0.3 is 14.6 Å². The molecule has 3 fully saturated rings. The molecule has 4 aromatic rings. The van der Waals surface area contributed by atoms with Crippen molar-refractivity contribution in [3.05, 3.63) is 113 Å². The number of piperidine rings is 1. The second kappa shape index (κ2) is 17.9. The lowest BCUT2D eigenvalue weighted by Crippen LogP contribution is -2.54. The minimum absolute atomic E-state index is 0.0533. The van der Waals surface area contributed by atoms with Crippen LogP contribution < -0.4 is 10.6 Å². The largest absolute Gasteiger partial charge is 0.492 e. The number of imidazole rings is 1. The van der Waals surface area contributed by atoms with E-state index >= 15 is 0 Å². The fourth-order valence-electron chi connectivity index (χ4n) is 8.39. The molecule has 8 rings (SSSR count). The van der Waals surface area contributed by atoms with Crippen LogP contribution in [0.1, 0.15) is 46.8 Å². The molecule has 0 bridgehead atoms. The number of hydrogen-bond acceptors (Lipinski definition) is 11. The number of amides is 5. The number of aliphatic hydroxyl groups excluding tert-OH is 1. The van der Waals surface area contributed by atoms with E-state index < -0.39 is 58.7 Å². The minimum Gasteiger partial charge on any atom is -0.492 e. The lowest BCUT2D eigenvalue weighted by atomic mass is 9.76. The molecule has 15 nitrogen and oxygen atoms in total. The minimum atomic E-state index is -4.61. The highest BCUT2D eigenvalue weighted by Gasteiger charge is 2.58. The Morgan fingerprint density at radius 3 is 2.43 bits per heavy atom. The number of benzene rings is 3. The van der Waals surface area contributed by atoms with E-state index in [4.69, 9.17) is 14.5 Å². The van der Waals surface area contributed by atoms with Crippen molar-refractivity contribution in [1.29, 1.82) is 0 Å². The molecule has 330 valence electrons. The van der Waals surface area contributed by atoms with Gasteiger partial charge in [0.05, 0.1) is 47.8 Å². The number of ether oxygens (including phenoxy) is 2. The van der Waals surface area contributed by atoms with Gasteiger partial charge in [0.25, 0.3) is 5.91 Å². The zero-order chi connectivity index (χ0) is 44.5. The number of halogens is 3. The fraction of sp³-hybridized carbons (Fsp3) is 0.378. The highest BCUT2D eigenvalue weighted by molar-refractivity contribution is 6.13. The molecule has 3 aliphatic heterocycles. The molecule has 0 saturated carbocycles. The summed E-state index contributed by atoms with van der Waals surface area (Å²) < 4.78 is 53.6. The zero-order valence-electron chi connectivity index (χ0n) is 34.4. The SMILES string of the molecule is C[C@]12C=CC(OCCOCCN3CCN(Cc4ccc5c(c4)nc(NC(=O)c4cccc(C(F)(F)F)c4)n5-c4ccc(CO)cc4)CC3)=CC1C(=O)N(C1CCC(=O)NC1=O)C2=O. The molecule has 2 unspecified atom stereocenters. The summed E-state index contributed by atoms with van der Waals surface area (Å²) in [4.78, 5) is 74.4. The number of imide groups is 2. The first-order valence-electron chi connectivity index (χ1n) is 20.7. The van der Waals surface area contributed by atoms with Crippen molar-refractivity contribution in [2.45, 2.75) is 45.1 Å². The van der Waals surface area contributed by atoms with E-state index in [9.17, 15) is 42.3 Å². The van der Waals surface area contributed by atoms with E-state index in [0.29, 0.717) is 47.8 Å². The molecule has 5 amide bonds. The highest BCUT2D eigenvalue weighted by Crippen LogP contribution is 2.45. The van der Waals surface area contributed by atoms with Crippen molar-refractivity contribution >= 4 is 46.5 Å². The van der Waals surface area contributed by atoms with Gasteiger partial charge in [-0.15, -0.1) is 0 Å². The maximum Gasteiger partial charge on any atom is 0.416 e. The molecule has 4 heterocycles. The predicted octanol–water partition coefficient (Wildman–Crippen LogP) is 4.19. The number of allylic oxidation sites excluding steroid dienone is 1. The molecule has 0 radical (unpaired) electrons. The molecular weight excluding hydrogens is 824 g/mol. The van der Waals surface area contributed by atoms with Crippen LogP contribution in [0.3, 0.4) is 0 Å². The van der Waals surface area contributed by atoms with E-state index in [-0.39, 0.29) is 37.6 Å². The van der Waals surface area contributed by atoms with Crippen molar-refractivity contribution in [1.82, 2.24) is 29.6 Å². The van der Waals surface area contributed by atoms with Crippen molar-refractivity contribution in [2.24, 2.45) is 11.3 Å². The number of hydrogen-bond donors (Lipinski definition) is 3. The van der Waals surface area contributed by atoms with Crippen LogP contribution in [0.4, 0.5) is 19.1 Å². The van der Waals surface area contributed by atoms with Gasteiger partial charge in [-0.3, -0.25) is 53.9 Å². The van der Waals surface area contributed by atoms with Crippen molar-refractivity contribution in [3.8, 4) is 5.69 Å². The van der Waals surface area contributed by atoms with E-state index in [1.807, 2.05) is 18.2 Å². The molecule has 3 aromatic carbocycles. The Kier molecular flexibility index (Phi) is 12.3. The van der Waals surface area contributed by atoms with Gasteiger partial charge in [0.15, 0.2) is 0 Å². The first kappa shape index (κ1) is 43.4. The second-order valence-corrected chi connectivity index (χ2v) is 16.2. The first-order valence-corrected chi connectivity index (χ1v) is 20.7. The van der Waals surface area contributed by atoms with Crippen LogP contribution >= 0.6 is 0 Å². The smallest absolute Gasteiger partial charge is 0.416 e. The number of anilines is 1. The van der Waals surface area contributed by atoms with Gasteiger partial charge in [-0.05, 0) is 79.1 Å². The Bertz CT molecular complexity index is 2500. The van der Waals surface area contributed by atoms with Crippen LogP contribution in [0.2, 0.25) is 0 Å². The average Bonchev–Trinajstić information content (AvgIpc) is 3.71. The first-order chi connectivity index (χ1) is 30.2. The monoisotopic (exact) mass is 869 g/mol. The highest BCUT2D eigenvalue weighted by atomic mass is 19.4. The van der Waals surface area contributed by atoms with Gasteiger partial charge in [-0.25, -0.2) is 4.98 Å². The molecule has 63 heavy (non-hydrogen) atoms. The third-order valence-electron chi connectivity index (χ3n) is 12.0. The standard InChI is InChI=1S/C45H46F3N7O8/c1-44-14-13-33(25-34(44)41(60)55(42(44)61)37-11-12-38(57)50-40(37)59)63-22-21-62-20-19-52-15-17-53(18-16-52)26-29-7-10-36-35(23-29)49-43(54(36)32-8-5-28(27-56)6-9-32)51-39(58)30-3-2-4-31(24-30)45(46,47)48/h2-10,13-14,23-25,34,37,56H,11-12,15-22,26-27H2,1H3,(H,49,51,58)(H,50,57,59)/t34?,37?,44-/m0/s1. The van der Waals surface area contributed by atoms with Gasteiger partial charge in [-0.1, -0.05) is 30.3 Å². The number of rotatable bonds is 14. The second-order valence-electron chi connectivity index (χ2n) is 16.2. The number of aromatic nitrogens is 2. The summed E-state index contributed by atoms with van der Waals surface area (Å²) in [5, 5.41) is 14.5. The van der Waals surface area contributed by atoms with Crippen LogP contribution in [-0.2, 0) is 48.0 Å². The van der Waals surface area contributed by atoms with Crippen LogP contribution in [0.15, 0.2) is 90.7 Å². The van der Waals surface area contributed by atoms with Crippen molar-refractivity contribution in [3.63, 3.8) is 0 Å². The Balaban J connectivity index is 0.814. The van der Waals surface area contributed by atoms with Crippen LogP contribution in [0.25, 0.3) is 16.7 Å². The van der Waals surface area contributed by atoms with E-state index in [0.717, 1.165) is 55.3 Å². The molecule has 1 aromatic heterocycles. The Hall–Kier alpha value is -6.21. The Labute approximate surface area is 360 Å². The van der Waals surface area contributed by atoms with Gasteiger partial charge >= 0.3 is 6.18 Å². The predicted molar refractivity (Wildman–Crippen MR) is 222 cm³/mol. The summed E-state index contributed by atoms with van der Waals surface area (Å²) in [5.74, 6) is -3.03. The van der Waals surface area contributed by atoms with Crippen molar-refractivity contribution < 1.29 is 51.7 Å². The van der Waals surface area contributed by atoms with E-state index in [2.05, 4.69) is 20.4 Å². The number of carbonyl (C=O) groups excluding carboxylic acids is 5. The maximum atomic E-state index is 13.4. The number of likely N-dealkylation sites (tertiary alicyclic amines) is 1. The van der Waals surface area contributed by atoms with Crippen molar-refractivity contribution in [2.75, 3.05) is 57.9 Å². The summed E-state index contributed by atoms with van der Waals surface area (Å²) in [5.41, 5.74) is 1.35. The molecule has 0 spiro atoms. The summed E-state index contributed by atoms with van der Waals surface area (Å²) in [7, 11) is 0. The molecule has 3 atom stereocenters. The number of carbonyl (C=O) groups is 5. The third-order valence-corrected chi connectivity index (χ3v) is 12.0. The number of alkyl halides is 3. The summed E-state index contributed by atoms with van der Waals surface area (Å²) in [6.45, 7) is 7.19. The Morgan fingerprint density at radius 1 is 0.952 bits per heavy atom. The van der Waals surface area contributed by atoms with E-state index in [1.54, 1.807) is 54.0 Å². The summed E-state index contributed by atoms with van der Waals surface area (Å²) in [6.07, 6.45) is 0.448. The van der Waals surface area contributed by atoms with Gasteiger partial charge in [0.1, 0.15) is 18.4 Å². The topological polar surface area (TPSA) is 176 Å².